The van der Waals surface area contributed by atoms with Crippen LogP contribution in [0.1, 0.15) is 33.6 Å². The number of nitrogens with zero attached hydrogens (tertiary/aromatic N) is 2. The van der Waals surface area contributed by atoms with E-state index in [-0.39, 0.29) is 30.8 Å². The van der Waals surface area contributed by atoms with Crippen LogP contribution >= 0.6 is 78.3 Å². The largest absolute Gasteiger partial charge is 0.292 e. The number of rotatable bonds is 5. The van der Waals surface area contributed by atoms with Crippen LogP contribution in [0, 0.1) is 11.8 Å². The summed E-state index contributed by atoms with van der Waals surface area (Å²) in [6.45, 7) is -0.620. The summed E-state index contributed by atoms with van der Waals surface area (Å²) < 4.78 is 0. The average Bonchev–Trinajstić information content (AvgIpc) is 3.01. The standard InChI is InChI=1S/C23H16Br2Cl4N2O4/c24-16-7-14-15(8-17(16)25)23(35)31(22(14)34)30(21(33)13-4-2-11(27)6-19(13)29)9-20(32)12-3-1-10(26)5-18(12)28/h1-6,14-17H,7-9H2/t14-,15-,16-,17+/m1/s1. The predicted octanol–water partition coefficient (Wildman–Crippen LogP) is 6.46. The van der Waals surface area contributed by atoms with Crippen LogP contribution in [0.25, 0.3) is 0 Å². The second kappa shape index (κ2) is 10.7. The number of hydrogen-bond donors (Lipinski definition) is 0. The van der Waals surface area contributed by atoms with Gasteiger partial charge in [0.2, 0.25) is 0 Å². The Balaban J connectivity index is 1.74. The summed E-state index contributed by atoms with van der Waals surface area (Å²) in [4.78, 5) is 53.6. The third-order valence-electron chi connectivity index (χ3n) is 6.05. The quantitative estimate of drug-likeness (QED) is 0.206. The molecule has 4 rings (SSSR count). The Hall–Kier alpha value is -1.16. The Morgan fingerprint density at radius 1 is 0.829 bits per heavy atom. The fourth-order valence-corrected chi connectivity index (χ4v) is 6.53. The lowest BCUT2D eigenvalue weighted by Crippen LogP contribution is -2.52. The molecular formula is C23H16Br2Cl4N2O4. The summed E-state index contributed by atoms with van der Waals surface area (Å²) in [6, 6.07) is 8.49. The van der Waals surface area contributed by atoms with E-state index in [0.717, 1.165) is 10.0 Å². The highest BCUT2D eigenvalue weighted by atomic mass is 79.9. The van der Waals surface area contributed by atoms with Crippen LogP contribution in [0.15, 0.2) is 36.4 Å². The minimum atomic E-state index is -0.795. The first-order chi connectivity index (χ1) is 16.5. The zero-order valence-corrected chi connectivity index (χ0v) is 23.9. The van der Waals surface area contributed by atoms with Crippen molar-refractivity contribution in [2.45, 2.75) is 22.5 Å². The Labute approximate surface area is 238 Å². The van der Waals surface area contributed by atoms with Gasteiger partial charge in [-0.25, -0.2) is 5.01 Å². The second-order valence-corrected chi connectivity index (χ2v) is 12.3. The molecule has 1 aliphatic heterocycles. The van der Waals surface area contributed by atoms with Gasteiger partial charge in [0.05, 0.1) is 27.4 Å². The predicted molar refractivity (Wildman–Crippen MR) is 142 cm³/mol. The molecule has 0 aromatic heterocycles. The number of benzene rings is 2. The molecule has 2 aromatic carbocycles. The molecule has 0 radical (unpaired) electrons. The maximum absolute atomic E-state index is 13.6. The molecule has 0 spiro atoms. The van der Waals surface area contributed by atoms with E-state index in [1.54, 1.807) is 0 Å². The highest BCUT2D eigenvalue weighted by molar-refractivity contribution is 9.12. The van der Waals surface area contributed by atoms with E-state index in [1.807, 2.05) is 0 Å². The molecule has 0 unspecified atom stereocenters. The van der Waals surface area contributed by atoms with Crippen LogP contribution < -0.4 is 0 Å². The summed E-state index contributed by atoms with van der Waals surface area (Å²) in [5.74, 6) is -3.71. The van der Waals surface area contributed by atoms with Crippen LogP contribution in [0.5, 0.6) is 0 Å². The number of amides is 3. The Bertz CT molecular complexity index is 1220. The lowest BCUT2D eigenvalue weighted by atomic mass is 9.81. The second-order valence-electron chi connectivity index (χ2n) is 8.24. The summed E-state index contributed by atoms with van der Waals surface area (Å²) in [5.41, 5.74) is 0.0758. The number of carbonyl (C=O) groups excluding carboxylic acids is 4. The maximum Gasteiger partial charge on any atom is 0.274 e. The fourth-order valence-electron chi connectivity index (χ4n) is 4.29. The molecule has 12 heteroatoms. The molecule has 1 heterocycles. The number of hydrazine groups is 1. The van der Waals surface area contributed by atoms with E-state index in [0.29, 0.717) is 22.9 Å². The third kappa shape index (κ3) is 5.29. The molecule has 1 aliphatic carbocycles. The molecule has 0 bridgehead atoms. The Morgan fingerprint density at radius 3 is 1.74 bits per heavy atom. The highest BCUT2D eigenvalue weighted by Crippen LogP contribution is 2.44. The summed E-state index contributed by atoms with van der Waals surface area (Å²) in [7, 11) is 0. The number of carbonyl (C=O) groups is 4. The molecular weight excluding hydrogens is 670 g/mol. The van der Waals surface area contributed by atoms with Crippen molar-refractivity contribution in [3.63, 3.8) is 0 Å². The van der Waals surface area contributed by atoms with E-state index in [4.69, 9.17) is 46.4 Å². The number of imide groups is 1. The lowest BCUT2D eigenvalue weighted by Gasteiger charge is -2.30. The molecule has 6 nitrogen and oxygen atoms in total. The van der Waals surface area contributed by atoms with Crippen LogP contribution in [-0.2, 0) is 9.59 Å². The zero-order chi connectivity index (χ0) is 25.6. The molecule has 2 aliphatic rings. The van der Waals surface area contributed by atoms with Gasteiger partial charge < -0.3 is 0 Å². The van der Waals surface area contributed by atoms with Crippen molar-refractivity contribution in [1.29, 1.82) is 0 Å². The van der Waals surface area contributed by atoms with Gasteiger partial charge in [0.15, 0.2) is 5.78 Å². The van der Waals surface area contributed by atoms with Gasteiger partial charge >= 0.3 is 0 Å². The molecule has 1 saturated heterocycles. The first-order valence-electron chi connectivity index (χ1n) is 10.4. The van der Waals surface area contributed by atoms with Crippen LogP contribution in [0.4, 0.5) is 0 Å². The van der Waals surface area contributed by atoms with Crippen LogP contribution in [0.2, 0.25) is 20.1 Å². The van der Waals surface area contributed by atoms with E-state index >= 15 is 0 Å². The minimum Gasteiger partial charge on any atom is -0.292 e. The fraction of sp³-hybridized carbons (Fsp3) is 0.304. The average molecular weight is 686 g/mol. The molecule has 4 atom stereocenters. The lowest BCUT2D eigenvalue weighted by molar-refractivity contribution is -0.154. The van der Waals surface area contributed by atoms with Gasteiger partial charge in [0, 0.05) is 25.3 Å². The summed E-state index contributed by atoms with van der Waals surface area (Å²) in [5, 5.41) is 2.36. The molecule has 184 valence electrons. The van der Waals surface area contributed by atoms with Gasteiger partial charge in [0.25, 0.3) is 17.7 Å². The number of alkyl halides is 2. The normalized spacial score (nSPS) is 23.9. The number of halogens is 6. The van der Waals surface area contributed by atoms with Crippen molar-refractivity contribution < 1.29 is 19.2 Å². The van der Waals surface area contributed by atoms with E-state index < -0.39 is 41.9 Å². The van der Waals surface area contributed by atoms with Gasteiger partial charge in [0.1, 0.15) is 6.54 Å². The molecule has 1 saturated carbocycles. The molecule has 0 N–H and O–H groups in total. The first kappa shape index (κ1) is 26.9. The van der Waals surface area contributed by atoms with Crippen LogP contribution in [-0.4, -0.2) is 49.7 Å². The Morgan fingerprint density at radius 2 is 1.29 bits per heavy atom. The van der Waals surface area contributed by atoms with Crippen molar-refractivity contribution >= 4 is 102 Å². The number of Topliss-reactive ketones (excluding diaryl/α,β-unsaturated/α-hetero) is 1. The zero-order valence-electron chi connectivity index (χ0n) is 17.7. The van der Waals surface area contributed by atoms with Crippen molar-refractivity contribution in [1.82, 2.24) is 10.0 Å². The highest BCUT2D eigenvalue weighted by Gasteiger charge is 2.54. The molecule has 35 heavy (non-hydrogen) atoms. The summed E-state index contributed by atoms with van der Waals surface area (Å²) >= 11 is 31.4. The number of ketones is 1. The summed E-state index contributed by atoms with van der Waals surface area (Å²) in [6.07, 6.45) is 0.810. The molecule has 2 aromatic rings. The number of fused-ring (bicyclic) bond motifs is 1. The van der Waals surface area contributed by atoms with Gasteiger partial charge in [-0.3, -0.25) is 19.2 Å². The van der Waals surface area contributed by atoms with E-state index in [9.17, 15) is 19.2 Å². The smallest absolute Gasteiger partial charge is 0.274 e. The van der Waals surface area contributed by atoms with Crippen LogP contribution in [0.3, 0.4) is 0 Å². The maximum atomic E-state index is 13.6. The van der Waals surface area contributed by atoms with Crippen molar-refractivity contribution in [3.05, 3.63) is 67.6 Å². The number of hydrogen-bond acceptors (Lipinski definition) is 4. The third-order valence-corrected chi connectivity index (χ3v) is 9.88. The van der Waals surface area contributed by atoms with Crippen molar-refractivity contribution in [2.24, 2.45) is 11.8 Å². The van der Waals surface area contributed by atoms with Crippen molar-refractivity contribution in [3.8, 4) is 0 Å². The van der Waals surface area contributed by atoms with Gasteiger partial charge in [-0.15, -0.1) is 0 Å². The molecule has 3 amide bonds. The SMILES string of the molecule is O=C(CN(C(=O)c1ccc(Cl)cc1Cl)N1C(=O)[C@@H]2C[C@@H](Br)[C@@H](Br)C[C@H]2C1=O)c1ccc(Cl)cc1Cl. The Kier molecular flexibility index (Phi) is 8.20. The van der Waals surface area contributed by atoms with Gasteiger partial charge in [-0.1, -0.05) is 78.3 Å². The topological polar surface area (TPSA) is 74.8 Å². The van der Waals surface area contributed by atoms with E-state index in [2.05, 4.69) is 31.9 Å². The first-order valence-corrected chi connectivity index (χ1v) is 13.7. The van der Waals surface area contributed by atoms with Crippen molar-refractivity contribution in [2.75, 3.05) is 6.54 Å². The minimum absolute atomic E-state index is 0.0155. The molecule has 2 fully saturated rings. The van der Waals surface area contributed by atoms with Gasteiger partial charge in [-0.2, -0.15) is 5.01 Å². The van der Waals surface area contributed by atoms with Gasteiger partial charge in [-0.05, 0) is 49.2 Å². The van der Waals surface area contributed by atoms with E-state index in [1.165, 1.54) is 36.4 Å². The monoisotopic (exact) mass is 682 g/mol.